The molecule has 0 radical (unpaired) electrons. The monoisotopic (exact) mass is 219 g/mol. The molecule has 16 heavy (non-hydrogen) atoms. The van der Waals surface area contributed by atoms with Gasteiger partial charge in [-0.25, -0.2) is 0 Å². The fraction of sp³-hybridized carbons (Fsp3) is 0.571. The Bertz CT molecular complexity index is 318. The van der Waals surface area contributed by atoms with Crippen LogP contribution in [0.3, 0.4) is 0 Å². The van der Waals surface area contributed by atoms with Crippen molar-refractivity contribution in [3.05, 3.63) is 29.8 Å². The summed E-state index contributed by atoms with van der Waals surface area (Å²) in [5.41, 5.74) is 1.40. The first-order valence-corrected chi connectivity index (χ1v) is 6.31. The molecule has 1 aromatic rings. The van der Waals surface area contributed by atoms with E-state index in [1.165, 1.54) is 37.9 Å². The molecule has 1 aliphatic heterocycles. The minimum absolute atomic E-state index is 0.744. The molecular formula is C14H21NO. The Labute approximate surface area is 98.0 Å². The minimum Gasteiger partial charge on any atom is -0.494 e. The first-order valence-electron chi connectivity index (χ1n) is 6.31. The molecule has 0 amide bonds. The summed E-state index contributed by atoms with van der Waals surface area (Å²) >= 11 is 0. The van der Waals surface area contributed by atoms with E-state index in [0.717, 1.165) is 18.3 Å². The maximum absolute atomic E-state index is 5.52. The maximum atomic E-state index is 5.52. The highest BCUT2D eigenvalue weighted by Gasteiger charge is 2.13. The zero-order valence-electron chi connectivity index (χ0n) is 10.0. The SMILES string of the molecule is CCOc1cccc(C[C@H]2CCCNC2)c1. The van der Waals surface area contributed by atoms with Gasteiger partial charge >= 0.3 is 0 Å². The minimum atomic E-state index is 0.744. The Morgan fingerprint density at radius 3 is 3.12 bits per heavy atom. The van der Waals surface area contributed by atoms with E-state index < -0.39 is 0 Å². The zero-order chi connectivity index (χ0) is 11.2. The van der Waals surface area contributed by atoms with Crippen molar-refractivity contribution in [3.8, 4) is 5.75 Å². The molecule has 1 aromatic carbocycles. The molecule has 0 aromatic heterocycles. The van der Waals surface area contributed by atoms with E-state index in [9.17, 15) is 0 Å². The fourth-order valence-corrected chi connectivity index (χ4v) is 2.36. The Morgan fingerprint density at radius 1 is 1.44 bits per heavy atom. The Balaban J connectivity index is 1.94. The third-order valence-corrected chi connectivity index (χ3v) is 3.13. The van der Waals surface area contributed by atoms with Crippen LogP contribution in [0.1, 0.15) is 25.3 Å². The fourth-order valence-electron chi connectivity index (χ4n) is 2.36. The van der Waals surface area contributed by atoms with E-state index in [-0.39, 0.29) is 0 Å². The second-order valence-electron chi connectivity index (χ2n) is 4.50. The average molecular weight is 219 g/mol. The molecule has 1 aliphatic rings. The lowest BCUT2D eigenvalue weighted by molar-refractivity contribution is 0.338. The van der Waals surface area contributed by atoms with Crippen LogP contribution < -0.4 is 10.1 Å². The van der Waals surface area contributed by atoms with Crippen LogP contribution in [0.5, 0.6) is 5.75 Å². The first-order chi connectivity index (χ1) is 7.88. The Morgan fingerprint density at radius 2 is 2.38 bits per heavy atom. The lowest BCUT2D eigenvalue weighted by Crippen LogP contribution is -2.30. The van der Waals surface area contributed by atoms with Gasteiger partial charge in [0.2, 0.25) is 0 Å². The van der Waals surface area contributed by atoms with Crippen LogP contribution in [0, 0.1) is 5.92 Å². The molecule has 2 nitrogen and oxygen atoms in total. The molecule has 1 atom stereocenters. The van der Waals surface area contributed by atoms with E-state index in [1.807, 2.05) is 13.0 Å². The van der Waals surface area contributed by atoms with Gasteiger partial charge in [-0.05, 0) is 62.9 Å². The van der Waals surface area contributed by atoms with Gasteiger partial charge < -0.3 is 10.1 Å². The van der Waals surface area contributed by atoms with E-state index in [4.69, 9.17) is 4.74 Å². The summed E-state index contributed by atoms with van der Waals surface area (Å²) in [7, 11) is 0. The number of hydrogen-bond acceptors (Lipinski definition) is 2. The molecule has 0 aliphatic carbocycles. The van der Waals surface area contributed by atoms with Crippen molar-refractivity contribution in [1.29, 1.82) is 0 Å². The highest BCUT2D eigenvalue weighted by atomic mass is 16.5. The molecule has 0 unspecified atom stereocenters. The van der Waals surface area contributed by atoms with Crippen LogP contribution in [0.25, 0.3) is 0 Å². The van der Waals surface area contributed by atoms with Crippen molar-refractivity contribution in [3.63, 3.8) is 0 Å². The van der Waals surface area contributed by atoms with Gasteiger partial charge in [0.25, 0.3) is 0 Å². The van der Waals surface area contributed by atoms with Gasteiger partial charge in [0.05, 0.1) is 6.61 Å². The quantitative estimate of drug-likeness (QED) is 0.840. The summed E-state index contributed by atoms with van der Waals surface area (Å²) in [5, 5.41) is 3.46. The Hall–Kier alpha value is -1.02. The number of nitrogens with one attached hydrogen (secondary N) is 1. The molecule has 1 N–H and O–H groups in total. The smallest absolute Gasteiger partial charge is 0.119 e. The van der Waals surface area contributed by atoms with Gasteiger partial charge in [-0.1, -0.05) is 12.1 Å². The molecular weight excluding hydrogens is 198 g/mol. The molecule has 1 heterocycles. The topological polar surface area (TPSA) is 21.3 Å². The lowest BCUT2D eigenvalue weighted by Gasteiger charge is -2.22. The highest BCUT2D eigenvalue weighted by Crippen LogP contribution is 2.19. The summed E-state index contributed by atoms with van der Waals surface area (Å²) < 4.78 is 5.52. The second-order valence-corrected chi connectivity index (χ2v) is 4.50. The second kappa shape index (κ2) is 5.90. The summed E-state index contributed by atoms with van der Waals surface area (Å²) in [6.07, 6.45) is 3.84. The van der Waals surface area contributed by atoms with Crippen LogP contribution >= 0.6 is 0 Å². The lowest BCUT2D eigenvalue weighted by atomic mass is 9.92. The van der Waals surface area contributed by atoms with E-state index in [2.05, 4.69) is 23.5 Å². The number of ether oxygens (including phenoxy) is 1. The number of benzene rings is 1. The highest BCUT2D eigenvalue weighted by molar-refractivity contribution is 5.28. The van der Waals surface area contributed by atoms with Crippen molar-refractivity contribution in [1.82, 2.24) is 5.32 Å². The zero-order valence-corrected chi connectivity index (χ0v) is 10.0. The van der Waals surface area contributed by atoms with E-state index in [0.29, 0.717) is 0 Å². The maximum Gasteiger partial charge on any atom is 0.119 e. The number of piperidine rings is 1. The van der Waals surface area contributed by atoms with Gasteiger partial charge in [0.15, 0.2) is 0 Å². The average Bonchev–Trinajstić information content (AvgIpc) is 2.31. The van der Waals surface area contributed by atoms with Gasteiger partial charge in [0.1, 0.15) is 5.75 Å². The number of rotatable bonds is 4. The van der Waals surface area contributed by atoms with Crippen molar-refractivity contribution in [2.75, 3.05) is 19.7 Å². The van der Waals surface area contributed by atoms with Gasteiger partial charge in [-0.2, -0.15) is 0 Å². The van der Waals surface area contributed by atoms with Crippen molar-refractivity contribution < 1.29 is 4.74 Å². The van der Waals surface area contributed by atoms with Crippen molar-refractivity contribution >= 4 is 0 Å². The van der Waals surface area contributed by atoms with E-state index in [1.54, 1.807) is 0 Å². The first kappa shape index (κ1) is 11.5. The third kappa shape index (κ3) is 3.24. The molecule has 2 heteroatoms. The number of hydrogen-bond donors (Lipinski definition) is 1. The summed E-state index contributed by atoms with van der Waals surface area (Å²) in [4.78, 5) is 0. The standard InChI is InChI=1S/C14H21NO/c1-2-16-14-7-3-5-12(10-14)9-13-6-4-8-15-11-13/h3,5,7,10,13,15H,2,4,6,8-9,11H2,1H3/t13-/m1/s1. The summed E-state index contributed by atoms with van der Waals surface area (Å²) in [6, 6.07) is 8.51. The van der Waals surface area contributed by atoms with Gasteiger partial charge in [-0.3, -0.25) is 0 Å². The summed E-state index contributed by atoms with van der Waals surface area (Å²) in [5.74, 6) is 1.80. The Kier molecular flexibility index (Phi) is 4.23. The molecule has 1 fully saturated rings. The molecule has 1 saturated heterocycles. The normalized spacial score (nSPS) is 20.7. The van der Waals surface area contributed by atoms with Crippen LogP contribution in [-0.2, 0) is 6.42 Å². The van der Waals surface area contributed by atoms with E-state index >= 15 is 0 Å². The van der Waals surface area contributed by atoms with Crippen molar-refractivity contribution in [2.24, 2.45) is 5.92 Å². The molecule has 0 spiro atoms. The predicted molar refractivity (Wildman–Crippen MR) is 66.9 cm³/mol. The predicted octanol–water partition coefficient (Wildman–Crippen LogP) is 2.63. The third-order valence-electron chi connectivity index (χ3n) is 3.13. The molecule has 0 bridgehead atoms. The molecule has 2 rings (SSSR count). The van der Waals surface area contributed by atoms with Crippen LogP contribution in [0.2, 0.25) is 0 Å². The van der Waals surface area contributed by atoms with Crippen molar-refractivity contribution in [2.45, 2.75) is 26.2 Å². The van der Waals surface area contributed by atoms with Gasteiger partial charge in [-0.15, -0.1) is 0 Å². The van der Waals surface area contributed by atoms with Crippen LogP contribution in [-0.4, -0.2) is 19.7 Å². The largest absolute Gasteiger partial charge is 0.494 e. The molecule has 88 valence electrons. The van der Waals surface area contributed by atoms with Gasteiger partial charge in [0, 0.05) is 0 Å². The summed E-state index contributed by atoms with van der Waals surface area (Å²) in [6.45, 7) is 5.13. The van der Waals surface area contributed by atoms with Crippen LogP contribution in [0.4, 0.5) is 0 Å². The van der Waals surface area contributed by atoms with Crippen LogP contribution in [0.15, 0.2) is 24.3 Å². The molecule has 0 saturated carbocycles.